The molecule has 0 aliphatic heterocycles. The summed E-state index contributed by atoms with van der Waals surface area (Å²) in [6, 6.07) is 4.15. The zero-order valence-corrected chi connectivity index (χ0v) is 8.96. The molecule has 0 radical (unpaired) electrons. The highest BCUT2D eigenvalue weighted by molar-refractivity contribution is 5.07. The van der Waals surface area contributed by atoms with E-state index in [9.17, 15) is 0 Å². The van der Waals surface area contributed by atoms with E-state index in [1.807, 2.05) is 0 Å². The number of furan rings is 1. The van der Waals surface area contributed by atoms with Crippen molar-refractivity contribution in [2.75, 3.05) is 6.61 Å². The zero-order valence-electron chi connectivity index (χ0n) is 8.96. The largest absolute Gasteiger partial charge is 0.466 e. The molecule has 0 aliphatic rings. The fourth-order valence-corrected chi connectivity index (χ4v) is 1.53. The van der Waals surface area contributed by atoms with Gasteiger partial charge < -0.3 is 9.52 Å². The van der Waals surface area contributed by atoms with Gasteiger partial charge in [0, 0.05) is 19.4 Å². The third kappa shape index (κ3) is 3.97. The minimum Gasteiger partial charge on any atom is -0.466 e. The normalized spacial score (nSPS) is 10.7. The summed E-state index contributed by atoms with van der Waals surface area (Å²) in [6.45, 7) is 2.46. The number of rotatable bonds is 7. The maximum atomic E-state index is 8.61. The molecule has 0 saturated heterocycles. The van der Waals surface area contributed by atoms with Crippen LogP contribution in [0.4, 0.5) is 0 Å². The molecule has 0 bridgehead atoms. The molecular weight excluding hydrogens is 176 g/mol. The SMILES string of the molecule is CCCc1ccc(CCCCCO)o1. The first-order valence-corrected chi connectivity index (χ1v) is 5.55. The van der Waals surface area contributed by atoms with Crippen LogP contribution in [0.15, 0.2) is 16.5 Å². The molecular formula is C12H20O2. The number of hydrogen-bond donors (Lipinski definition) is 1. The Morgan fingerprint density at radius 3 is 2.43 bits per heavy atom. The number of hydrogen-bond acceptors (Lipinski definition) is 2. The number of aliphatic hydroxyl groups is 1. The van der Waals surface area contributed by atoms with Crippen LogP contribution in [0.2, 0.25) is 0 Å². The fourth-order valence-electron chi connectivity index (χ4n) is 1.53. The minimum absolute atomic E-state index is 0.305. The highest BCUT2D eigenvalue weighted by atomic mass is 16.3. The van der Waals surface area contributed by atoms with Crippen LogP contribution in [0.3, 0.4) is 0 Å². The van der Waals surface area contributed by atoms with Crippen molar-refractivity contribution in [1.29, 1.82) is 0 Å². The van der Waals surface area contributed by atoms with Crippen LogP contribution in [-0.4, -0.2) is 11.7 Å². The van der Waals surface area contributed by atoms with Gasteiger partial charge in [0.25, 0.3) is 0 Å². The molecule has 0 atom stereocenters. The molecule has 2 heteroatoms. The Kier molecular flexibility index (Phi) is 5.38. The summed E-state index contributed by atoms with van der Waals surface area (Å²) >= 11 is 0. The van der Waals surface area contributed by atoms with Gasteiger partial charge in [0.2, 0.25) is 0 Å². The maximum Gasteiger partial charge on any atom is 0.104 e. The molecule has 14 heavy (non-hydrogen) atoms. The average molecular weight is 196 g/mol. The van der Waals surface area contributed by atoms with E-state index >= 15 is 0 Å². The molecule has 0 spiro atoms. The van der Waals surface area contributed by atoms with Crippen LogP contribution < -0.4 is 0 Å². The third-order valence-electron chi connectivity index (χ3n) is 2.29. The molecule has 0 aromatic carbocycles. The van der Waals surface area contributed by atoms with Gasteiger partial charge in [-0.2, -0.15) is 0 Å². The molecule has 1 heterocycles. The van der Waals surface area contributed by atoms with Crippen molar-refractivity contribution < 1.29 is 9.52 Å². The Bertz CT molecular complexity index is 240. The van der Waals surface area contributed by atoms with Gasteiger partial charge in [-0.25, -0.2) is 0 Å². The summed E-state index contributed by atoms with van der Waals surface area (Å²) < 4.78 is 5.64. The van der Waals surface area contributed by atoms with Gasteiger partial charge in [-0.1, -0.05) is 13.3 Å². The van der Waals surface area contributed by atoms with Crippen LogP contribution in [0.25, 0.3) is 0 Å². The highest BCUT2D eigenvalue weighted by Crippen LogP contribution is 2.12. The predicted molar refractivity (Wildman–Crippen MR) is 57.3 cm³/mol. The van der Waals surface area contributed by atoms with Crippen molar-refractivity contribution in [3.05, 3.63) is 23.7 Å². The topological polar surface area (TPSA) is 33.4 Å². The predicted octanol–water partition coefficient (Wildman–Crippen LogP) is 2.94. The summed E-state index contributed by atoms with van der Waals surface area (Å²) in [5.41, 5.74) is 0. The summed E-state index contributed by atoms with van der Waals surface area (Å²) in [5.74, 6) is 2.19. The van der Waals surface area contributed by atoms with Crippen molar-refractivity contribution >= 4 is 0 Å². The van der Waals surface area contributed by atoms with Crippen LogP contribution in [0.5, 0.6) is 0 Å². The van der Waals surface area contributed by atoms with Gasteiger partial charge >= 0.3 is 0 Å². The van der Waals surface area contributed by atoms with Gasteiger partial charge in [0.15, 0.2) is 0 Å². The molecule has 1 rings (SSSR count). The second kappa shape index (κ2) is 6.66. The van der Waals surface area contributed by atoms with E-state index in [1.54, 1.807) is 0 Å². The lowest BCUT2D eigenvalue weighted by Gasteiger charge is -1.96. The number of aliphatic hydroxyl groups excluding tert-OH is 1. The smallest absolute Gasteiger partial charge is 0.104 e. The summed E-state index contributed by atoms with van der Waals surface area (Å²) in [7, 11) is 0. The number of unbranched alkanes of at least 4 members (excludes halogenated alkanes) is 2. The van der Waals surface area contributed by atoms with Gasteiger partial charge in [-0.3, -0.25) is 0 Å². The lowest BCUT2D eigenvalue weighted by Crippen LogP contribution is -1.86. The molecule has 2 nitrogen and oxygen atoms in total. The van der Waals surface area contributed by atoms with Gasteiger partial charge in [0.1, 0.15) is 11.5 Å². The first kappa shape index (κ1) is 11.3. The zero-order chi connectivity index (χ0) is 10.2. The Balaban J connectivity index is 2.22. The van der Waals surface area contributed by atoms with Crippen molar-refractivity contribution in [3.63, 3.8) is 0 Å². The van der Waals surface area contributed by atoms with E-state index in [0.717, 1.165) is 50.0 Å². The first-order chi connectivity index (χ1) is 6.86. The summed E-state index contributed by atoms with van der Waals surface area (Å²) in [6.07, 6.45) is 6.28. The second-order valence-electron chi connectivity index (χ2n) is 3.65. The molecule has 80 valence electrons. The van der Waals surface area contributed by atoms with E-state index < -0.39 is 0 Å². The van der Waals surface area contributed by atoms with Crippen LogP contribution in [0.1, 0.15) is 44.1 Å². The lowest BCUT2D eigenvalue weighted by molar-refractivity contribution is 0.282. The Morgan fingerprint density at radius 1 is 1.07 bits per heavy atom. The average Bonchev–Trinajstić information content (AvgIpc) is 2.61. The van der Waals surface area contributed by atoms with E-state index in [1.165, 1.54) is 0 Å². The van der Waals surface area contributed by atoms with E-state index in [4.69, 9.17) is 9.52 Å². The Morgan fingerprint density at radius 2 is 1.79 bits per heavy atom. The highest BCUT2D eigenvalue weighted by Gasteiger charge is 2.00. The monoisotopic (exact) mass is 196 g/mol. The van der Waals surface area contributed by atoms with Gasteiger partial charge in [-0.15, -0.1) is 0 Å². The van der Waals surface area contributed by atoms with E-state index in [2.05, 4.69) is 19.1 Å². The quantitative estimate of drug-likeness (QED) is 0.680. The number of aryl methyl sites for hydroxylation is 2. The molecule has 0 fully saturated rings. The lowest BCUT2D eigenvalue weighted by atomic mass is 10.2. The van der Waals surface area contributed by atoms with E-state index in [-0.39, 0.29) is 0 Å². The first-order valence-electron chi connectivity index (χ1n) is 5.55. The van der Waals surface area contributed by atoms with Gasteiger partial charge in [0.05, 0.1) is 0 Å². The molecule has 1 aromatic heterocycles. The molecule has 0 aliphatic carbocycles. The molecule has 1 N–H and O–H groups in total. The molecule has 1 aromatic rings. The minimum atomic E-state index is 0.305. The van der Waals surface area contributed by atoms with Crippen LogP contribution in [0, 0.1) is 0 Å². The van der Waals surface area contributed by atoms with Crippen molar-refractivity contribution in [1.82, 2.24) is 0 Å². The molecule has 0 amide bonds. The molecule has 0 saturated carbocycles. The standard InChI is InChI=1S/C12H20O2/c1-2-6-11-8-9-12(14-11)7-4-3-5-10-13/h8-9,13H,2-7,10H2,1H3. The van der Waals surface area contributed by atoms with Crippen LogP contribution in [-0.2, 0) is 12.8 Å². The second-order valence-corrected chi connectivity index (χ2v) is 3.65. The summed E-state index contributed by atoms with van der Waals surface area (Å²) in [4.78, 5) is 0. The van der Waals surface area contributed by atoms with Crippen molar-refractivity contribution in [2.24, 2.45) is 0 Å². The maximum absolute atomic E-state index is 8.61. The van der Waals surface area contributed by atoms with Crippen LogP contribution >= 0.6 is 0 Å². The van der Waals surface area contributed by atoms with Gasteiger partial charge in [-0.05, 0) is 31.4 Å². The Labute approximate surface area is 85.9 Å². The van der Waals surface area contributed by atoms with E-state index in [0.29, 0.717) is 6.61 Å². The Hall–Kier alpha value is -0.760. The third-order valence-corrected chi connectivity index (χ3v) is 2.29. The van der Waals surface area contributed by atoms with Crippen molar-refractivity contribution in [2.45, 2.75) is 45.4 Å². The molecule has 0 unspecified atom stereocenters. The fraction of sp³-hybridized carbons (Fsp3) is 0.667. The summed E-state index contributed by atoms with van der Waals surface area (Å²) in [5, 5.41) is 8.61. The van der Waals surface area contributed by atoms with Crippen molar-refractivity contribution in [3.8, 4) is 0 Å².